The zero-order valence-electron chi connectivity index (χ0n) is 15.7. The zero-order valence-corrected chi connectivity index (χ0v) is 16.4. The van der Waals surface area contributed by atoms with Crippen LogP contribution in [0.3, 0.4) is 0 Å². The van der Waals surface area contributed by atoms with Crippen LogP contribution in [-0.4, -0.2) is 46.2 Å². The van der Waals surface area contributed by atoms with E-state index in [1.54, 1.807) is 26.8 Å². The van der Waals surface area contributed by atoms with Crippen LogP contribution in [0.4, 0.5) is 5.82 Å². The molecular weight excluding hydrogens is 386 g/mol. The van der Waals surface area contributed by atoms with E-state index in [0.717, 1.165) is 0 Å². The quantitative estimate of drug-likeness (QED) is 0.420. The minimum Gasteiger partial charge on any atom is -0.480 e. The Balaban J connectivity index is 2.34. The van der Waals surface area contributed by atoms with Crippen LogP contribution in [0.15, 0.2) is 29.4 Å². The van der Waals surface area contributed by atoms with Crippen molar-refractivity contribution in [2.24, 2.45) is 16.5 Å². The number of halogens is 1. The van der Waals surface area contributed by atoms with Gasteiger partial charge in [-0.3, -0.25) is 4.79 Å². The van der Waals surface area contributed by atoms with Crippen LogP contribution in [0.1, 0.15) is 31.1 Å². The van der Waals surface area contributed by atoms with Gasteiger partial charge in [-0.15, -0.1) is 0 Å². The number of aliphatic carboxylic acids is 1. The van der Waals surface area contributed by atoms with Crippen molar-refractivity contribution in [3.63, 3.8) is 0 Å². The van der Waals surface area contributed by atoms with Gasteiger partial charge < -0.3 is 26.6 Å². The summed E-state index contributed by atoms with van der Waals surface area (Å²) < 4.78 is 5.47. The maximum atomic E-state index is 12.6. The maximum absolute atomic E-state index is 12.6. The summed E-state index contributed by atoms with van der Waals surface area (Å²) in [7, 11) is 0. The zero-order chi connectivity index (χ0) is 21.1. The fourth-order valence-corrected chi connectivity index (χ4v) is 2.51. The number of amides is 1. The predicted octanol–water partition coefficient (Wildman–Crippen LogP) is 1.79. The normalized spacial score (nSPS) is 12.4. The summed E-state index contributed by atoms with van der Waals surface area (Å²) in [5.74, 6) is -1.80. The Bertz CT molecular complexity index is 935. The second-order valence-corrected chi connectivity index (χ2v) is 7.42. The van der Waals surface area contributed by atoms with Crippen molar-refractivity contribution in [3.05, 3.63) is 35.0 Å². The van der Waals surface area contributed by atoms with Gasteiger partial charge in [-0.05, 0) is 32.9 Å². The van der Waals surface area contributed by atoms with Crippen molar-refractivity contribution in [1.82, 2.24) is 10.3 Å². The summed E-state index contributed by atoms with van der Waals surface area (Å²) in [4.78, 5) is 32.0. The molecule has 1 unspecified atom stereocenters. The van der Waals surface area contributed by atoms with E-state index in [-0.39, 0.29) is 23.9 Å². The number of hydrogen-bond acceptors (Lipinski definition) is 5. The highest BCUT2D eigenvalue weighted by Crippen LogP contribution is 2.30. The maximum Gasteiger partial charge on any atom is 0.328 e. The average Bonchev–Trinajstić information content (AvgIpc) is 2.59. The molecule has 1 aromatic carbocycles. The molecule has 0 fully saturated rings. The Labute approximate surface area is 166 Å². The lowest BCUT2D eigenvalue weighted by Crippen LogP contribution is -2.45. The standard InChI is InChI=1S/C18H22ClN5O4/c1-18(2,3)28-8-13(16(26)27)23-15(25)9-4-5-10-11(6-9)14(24-17(20)21)22-7-12(10)19/h4-7,13H,8H2,1-3H3,(H,23,25)(H,26,27)(H4,20,21,22,24). The highest BCUT2D eigenvalue weighted by atomic mass is 35.5. The lowest BCUT2D eigenvalue weighted by atomic mass is 10.1. The number of carbonyl (C=O) groups excluding carboxylic acids is 1. The van der Waals surface area contributed by atoms with E-state index in [0.29, 0.717) is 15.8 Å². The van der Waals surface area contributed by atoms with Crippen LogP contribution in [0.25, 0.3) is 10.8 Å². The van der Waals surface area contributed by atoms with Crippen LogP contribution in [0.2, 0.25) is 5.02 Å². The first-order chi connectivity index (χ1) is 13.0. The fraction of sp³-hybridized carbons (Fsp3) is 0.333. The van der Waals surface area contributed by atoms with Crippen molar-refractivity contribution in [2.45, 2.75) is 32.4 Å². The fourth-order valence-electron chi connectivity index (χ4n) is 2.30. The van der Waals surface area contributed by atoms with Crippen molar-refractivity contribution in [1.29, 1.82) is 0 Å². The van der Waals surface area contributed by atoms with E-state index in [1.165, 1.54) is 18.3 Å². The number of carboxylic acid groups (broad SMARTS) is 1. The van der Waals surface area contributed by atoms with Gasteiger partial charge in [-0.1, -0.05) is 17.7 Å². The molecule has 1 atom stereocenters. The molecule has 0 aliphatic heterocycles. The summed E-state index contributed by atoms with van der Waals surface area (Å²) in [6.07, 6.45) is 1.40. The molecule has 1 amide bonds. The molecule has 0 aliphatic rings. The summed E-state index contributed by atoms with van der Waals surface area (Å²) in [6.45, 7) is 5.20. The molecule has 0 saturated carbocycles. The summed E-state index contributed by atoms with van der Waals surface area (Å²) in [5.41, 5.74) is 10.5. The molecule has 9 nitrogen and oxygen atoms in total. The highest BCUT2D eigenvalue weighted by molar-refractivity contribution is 6.35. The second kappa shape index (κ2) is 8.41. The number of carboxylic acids is 1. The molecule has 10 heteroatoms. The number of ether oxygens (including phenoxy) is 1. The number of aliphatic imine (C=N–C) groups is 1. The first-order valence-corrected chi connectivity index (χ1v) is 8.71. The van der Waals surface area contributed by atoms with Gasteiger partial charge in [0.1, 0.15) is 0 Å². The Kier molecular flexibility index (Phi) is 6.42. The Morgan fingerprint density at radius 1 is 1.32 bits per heavy atom. The summed E-state index contributed by atoms with van der Waals surface area (Å²) in [6, 6.07) is 3.42. The predicted molar refractivity (Wildman–Crippen MR) is 107 cm³/mol. The molecular formula is C18H22ClN5O4. The summed E-state index contributed by atoms with van der Waals surface area (Å²) >= 11 is 6.14. The van der Waals surface area contributed by atoms with Gasteiger partial charge in [-0.2, -0.15) is 4.99 Å². The smallest absolute Gasteiger partial charge is 0.328 e. The molecule has 0 radical (unpaired) electrons. The minimum absolute atomic E-state index is 0.176. The molecule has 2 aromatic rings. The van der Waals surface area contributed by atoms with E-state index >= 15 is 0 Å². The van der Waals surface area contributed by atoms with E-state index in [9.17, 15) is 14.7 Å². The number of nitrogens with zero attached hydrogens (tertiary/aromatic N) is 2. The van der Waals surface area contributed by atoms with E-state index in [2.05, 4.69) is 15.3 Å². The number of fused-ring (bicyclic) bond motifs is 1. The van der Waals surface area contributed by atoms with Gasteiger partial charge in [0.15, 0.2) is 17.8 Å². The topological polar surface area (TPSA) is 153 Å². The van der Waals surface area contributed by atoms with Gasteiger partial charge >= 0.3 is 5.97 Å². The highest BCUT2D eigenvalue weighted by Gasteiger charge is 2.24. The Morgan fingerprint density at radius 2 is 2.00 bits per heavy atom. The van der Waals surface area contributed by atoms with Crippen LogP contribution in [0, 0.1) is 0 Å². The SMILES string of the molecule is CC(C)(C)OCC(NC(=O)c1ccc2c(Cl)cnc(N=C(N)N)c2c1)C(=O)O. The van der Waals surface area contributed by atoms with Crippen molar-refractivity contribution >= 4 is 46.0 Å². The molecule has 1 aromatic heterocycles. The third kappa shape index (κ3) is 5.54. The number of hydrogen-bond donors (Lipinski definition) is 4. The second-order valence-electron chi connectivity index (χ2n) is 7.01. The molecule has 0 aliphatic carbocycles. The third-order valence-electron chi connectivity index (χ3n) is 3.60. The van der Waals surface area contributed by atoms with Gasteiger partial charge in [0.25, 0.3) is 5.91 Å². The lowest BCUT2D eigenvalue weighted by Gasteiger charge is -2.23. The van der Waals surface area contributed by atoms with E-state index in [1.807, 2.05) is 0 Å². The molecule has 150 valence electrons. The van der Waals surface area contributed by atoms with E-state index < -0.39 is 23.5 Å². The lowest BCUT2D eigenvalue weighted by molar-refractivity contribution is -0.142. The Morgan fingerprint density at radius 3 is 2.57 bits per heavy atom. The number of nitrogens with two attached hydrogens (primary N) is 2. The largest absolute Gasteiger partial charge is 0.480 e. The minimum atomic E-state index is -1.21. The molecule has 6 N–H and O–H groups in total. The molecule has 28 heavy (non-hydrogen) atoms. The van der Waals surface area contributed by atoms with Crippen LogP contribution < -0.4 is 16.8 Å². The van der Waals surface area contributed by atoms with Gasteiger partial charge in [0.2, 0.25) is 0 Å². The first-order valence-electron chi connectivity index (χ1n) is 8.33. The molecule has 0 saturated heterocycles. The third-order valence-corrected chi connectivity index (χ3v) is 3.90. The number of pyridine rings is 1. The summed E-state index contributed by atoms with van der Waals surface area (Å²) in [5, 5.41) is 13.2. The van der Waals surface area contributed by atoms with Gasteiger partial charge in [0.05, 0.1) is 17.2 Å². The molecule has 1 heterocycles. The van der Waals surface area contributed by atoms with Crippen LogP contribution in [0.5, 0.6) is 0 Å². The number of rotatable bonds is 6. The molecule has 0 spiro atoms. The van der Waals surface area contributed by atoms with Gasteiger partial charge in [0, 0.05) is 22.5 Å². The van der Waals surface area contributed by atoms with Crippen molar-refractivity contribution < 1.29 is 19.4 Å². The number of guanidine groups is 1. The monoisotopic (exact) mass is 407 g/mol. The molecule has 0 bridgehead atoms. The first kappa shape index (κ1) is 21.4. The number of benzene rings is 1. The molecule has 2 rings (SSSR count). The Hall–Kier alpha value is -2.91. The average molecular weight is 408 g/mol. The van der Waals surface area contributed by atoms with Crippen LogP contribution >= 0.6 is 11.6 Å². The number of aromatic nitrogens is 1. The van der Waals surface area contributed by atoms with Crippen LogP contribution in [-0.2, 0) is 9.53 Å². The van der Waals surface area contributed by atoms with E-state index in [4.69, 9.17) is 27.8 Å². The van der Waals surface area contributed by atoms with Gasteiger partial charge in [-0.25, -0.2) is 9.78 Å². The number of nitrogens with one attached hydrogen (secondary N) is 1. The number of carbonyl (C=O) groups is 2. The van der Waals surface area contributed by atoms with Crippen molar-refractivity contribution in [3.8, 4) is 0 Å². The van der Waals surface area contributed by atoms with Crippen molar-refractivity contribution in [2.75, 3.05) is 6.61 Å².